The summed E-state index contributed by atoms with van der Waals surface area (Å²) in [5.74, 6) is 0. The van der Waals surface area contributed by atoms with Crippen molar-refractivity contribution < 1.29 is 4.74 Å². The van der Waals surface area contributed by atoms with Crippen LogP contribution < -0.4 is 5.32 Å². The van der Waals surface area contributed by atoms with Crippen LogP contribution in [0.15, 0.2) is 0 Å². The van der Waals surface area contributed by atoms with Crippen molar-refractivity contribution in [2.75, 3.05) is 19.7 Å². The van der Waals surface area contributed by atoms with Crippen LogP contribution >= 0.6 is 15.9 Å². The topological polar surface area (TPSA) is 21.3 Å². The second kappa shape index (κ2) is 3.04. The Morgan fingerprint density at radius 2 is 2.09 bits per heavy atom. The second-order valence-corrected chi connectivity index (χ2v) is 4.84. The summed E-state index contributed by atoms with van der Waals surface area (Å²) in [7, 11) is 0. The highest BCUT2D eigenvalue weighted by Gasteiger charge is 2.39. The second-order valence-electron chi connectivity index (χ2n) is 3.55. The van der Waals surface area contributed by atoms with Crippen molar-refractivity contribution in [2.45, 2.75) is 29.7 Å². The monoisotopic (exact) mass is 219 g/mol. The SMILES string of the molecule is Br[C@@H]1COC2(CCNCC2)C1. The molecule has 0 unspecified atom stereocenters. The van der Waals surface area contributed by atoms with Gasteiger partial charge in [0, 0.05) is 4.83 Å². The van der Waals surface area contributed by atoms with Crippen LogP contribution in [0.5, 0.6) is 0 Å². The van der Waals surface area contributed by atoms with Gasteiger partial charge < -0.3 is 10.1 Å². The molecule has 0 radical (unpaired) electrons. The van der Waals surface area contributed by atoms with Crippen molar-refractivity contribution in [3.05, 3.63) is 0 Å². The van der Waals surface area contributed by atoms with Gasteiger partial charge in [-0.15, -0.1) is 0 Å². The quantitative estimate of drug-likeness (QED) is 0.621. The molecule has 2 heterocycles. The van der Waals surface area contributed by atoms with Crippen LogP contribution in [-0.4, -0.2) is 30.1 Å². The molecule has 2 rings (SSSR count). The summed E-state index contributed by atoms with van der Waals surface area (Å²) in [5, 5.41) is 3.36. The first-order valence-electron chi connectivity index (χ1n) is 4.30. The molecule has 3 heteroatoms. The van der Waals surface area contributed by atoms with Crippen LogP contribution in [0.25, 0.3) is 0 Å². The average Bonchev–Trinajstić information content (AvgIpc) is 2.34. The van der Waals surface area contributed by atoms with Crippen molar-refractivity contribution in [1.29, 1.82) is 0 Å². The molecule has 1 atom stereocenters. The molecule has 2 fully saturated rings. The van der Waals surface area contributed by atoms with Gasteiger partial charge >= 0.3 is 0 Å². The summed E-state index contributed by atoms with van der Waals surface area (Å²) in [4.78, 5) is 0.598. The molecule has 0 aromatic carbocycles. The van der Waals surface area contributed by atoms with Gasteiger partial charge in [-0.3, -0.25) is 0 Å². The van der Waals surface area contributed by atoms with Crippen LogP contribution in [0.4, 0.5) is 0 Å². The van der Waals surface area contributed by atoms with E-state index in [1.165, 1.54) is 19.3 Å². The highest BCUT2D eigenvalue weighted by molar-refractivity contribution is 9.09. The zero-order chi connectivity index (χ0) is 7.73. The lowest BCUT2D eigenvalue weighted by molar-refractivity contribution is -0.0189. The van der Waals surface area contributed by atoms with E-state index in [0.29, 0.717) is 4.83 Å². The number of piperidine rings is 1. The first-order valence-corrected chi connectivity index (χ1v) is 5.21. The number of alkyl halides is 1. The third kappa shape index (κ3) is 1.60. The normalized spacial score (nSPS) is 36.3. The molecule has 0 bridgehead atoms. The summed E-state index contributed by atoms with van der Waals surface area (Å²) >= 11 is 3.60. The fourth-order valence-electron chi connectivity index (χ4n) is 2.02. The Balaban J connectivity index is 1.98. The van der Waals surface area contributed by atoms with Gasteiger partial charge in [0.05, 0.1) is 12.2 Å². The van der Waals surface area contributed by atoms with Gasteiger partial charge in [-0.25, -0.2) is 0 Å². The molecule has 2 aliphatic rings. The molecule has 1 N–H and O–H groups in total. The van der Waals surface area contributed by atoms with E-state index in [-0.39, 0.29) is 5.60 Å². The van der Waals surface area contributed by atoms with E-state index in [1.54, 1.807) is 0 Å². The number of rotatable bonds is 0. The Morgan fingerprint density at radius 1 is 1.36 bits per heavy atom. The molecule has 2 aliphatic heterocycles. The van der Waals surface area contributed by atoms with Gasteiger partial charge in [0.2, 0.25) is 0 Å². The van der Waals surface area contributed by atoms with Crippen LogP contribution in [0.3, 0.4) is 0 Å². The summed E-state index contributed by atoms with van der Waals surface area (Å²) in [6, 6.07) is 0. The first kappa shape index (κ1) is 8.02. The summed E-state index contributed by atoms with van der Waals surface area (Å²) < 4.78 is 5.81. The van der Waals surface area contributed by atoms with E-state index in [2.05, 4.69) is 21.2 Å². The Bertz CT molecular complexity index is 140. The summed E-state index contributed by atoms with van der Waals surface area (Å²) in [5.41, 5.74) is 0.236. The Kier molecular flexibility index (Phi) is 2.21. The third-order valence-corrected chi connectivity index (χ3v) is 3.27. The van der Waals surface area contributed by atoms with Crippen LogP contribution in [0.2, 0.25) is 0 Å². The van der Waals surface area contributed by atoms with Gasteiger partial charge in [-0.1, -0.05) is 15.9 Å². The predicted molar refractivity (Wildman–Crippen MR) is 48.1 cm³/mol. The van der Waals surface area contributed by atoms with Crippen molar-refractivity contribution in [1.82, 2.24) is 5.32 Å². The fourth-order valence-corrected chi connectivity index (χ4v) is 2.74. The maximum atomic E-state index is 5.81. The van der Waals surface area contributed by atoms with Gasteiger partial charge in [0.1, 0.15) is 0 Å². The highest BCUT2D eigenvalue weighted by atomic mass is 79.9. The molecule has 2 nitrogen and oxygen atoms in total. The van der Waals surface area contributed by atoms with E-state index in [4.69, 9.17) is 4.74 Å². The zero-order valence-corrected chi connectivity index (χ0v) is 8.19. The van der Waals surface area contributed by atoms with Crippen LogP contribution in [-0.2, 0) is 4.74 Å². The van der Waals surface area contributed by atoms with Gasteiger partial charge in [-0.05, 0) is 32.4 Å². The minimum absolute atomic E-state index is 0.236. The fraction of sp³-hybridized carbons (Fsp3) is 1.00. The van der Waals surface area contributed by atoms with Crippen molar-refractivity contribution in [3.8, 4) is 0 Å². The Labute approximate surface area is 75.8 Å². The lowest BCUT2D eigenvalue weighted by Gasteiger charge is -2.32. The lowest BCUT2D eigenvalue weighted by atomic mass is 9.90. The van der Waals surface area contributed by atoms with Crippen LogP contribution in [0.1, 0.15) is 19.3 Å². The molecular formula is C8H14BrNO. The average molecular weight is 220 g/mol. The van der Waals surface area contributed by atoms with Crippen molar-refractivity contribution in [3.63, 3.8) is 0 Å². The van der Waals surface area contributed by atoms with E-state index in [0.717, 1.165) is 19.7 Å². The Morgan fingerprint density at radius 3 is 2.64 bits per heavy atom. The minimum atomic E-state index is 0.236. The smallest absolute Gasteiger partial charge is 0.0718 e. The summed E-state index contributed by atoms with van der Waals surface area (Å²) in [6.45, 7) is 3.15. The largest absolute Gasteiger partial charge is 0.374 e. The molecular weight excluding hydrogens is 206 g/mol. The lowest BCUT2D eigenvalue weighted by Crippen LogP contribution is -2.41. The van der Waals surface area contributed by atoms with Crippen molar-refractivity contribution in [2.24, 2.45) is 0 Å². The predicted octanol–water partition coefficient (Wildman–Crippen LogP) is 1.29. The maximum Gasteiger partial charge on any atom is 0.0718 e. The van der Waals surface area contributed by atoms with Gasteiger partial charge in [0.15, 0.2) is 0 Å². The van der Waals surface area contributed by atoms with Crippen LogP contribution in [0, 0.1) is 0 Å². The maximum absolute atomic E-state index is 5.81. The van der Waals surface area contributed by atoms with E-state index in [1.807, 2.05) is 0 Å². The molecule has 0 saturated carbocycles. The number of halogens is 1. The Hall–Kier alpha value is 0.400. The number of hydrogen-bond acceptors (Lipinski definition) is 2. The molecule has 0 amide bonds. The molecule has 11 heavy (non-hydrogen) atoms. The standard InChI is InChI=1S/C8H14BrNO/c9-7-5-8(11-6-7)1-3-10-4-2-8/h7,10H,1-6H2/t7-/m0/s1. The summed E-state index contributed by atoms with van der Waals surface area (Å²) in [6.07, 6.45) is 3.58. The van der Waals surface area contributed by atoms with E-state index in [9.17, 15) is 0 Å². The minimum Gasteiger partial charge on any atom is -0.374 e. The molecule has 2 saturated heterocycles. The van der Waals surface area contributed by atoms with E-state index < -0.39 is 0 Å². The van der Waals surface area contributed by atoms with Gasteiger partial charge in [-0.2, -0.15) is 0 Å². The number of nitrogens with one attached hydrogen (secondary N) is 1. The first-order chi connectivity index (χ1) is 5.31. The number of hydrogen-bond donors (Lipinski definition) is 1. The zero-order valence-electron chi connectivity index (χ0n) is 6.61. The molecule has 1 spiro atoms. The highest BCUT2D eigenvalue weighted by Crippen LogP contribution is 2.36. The molecule has 64 valence electrons. The third-order valence-electron chi connectivity index (χ3n) is 2.68. The molecule has 0 aliphatic carbocycles. The van der Waals surface area contributed by atoms with Gasteiger partial charge in [0.25, 0.3) is 0 Å². The van der Waals surface area contributed by atoms with E-state index >= 15 is 0 Å². The molecule has 0 aromatic heterocycles. The number of ether oxygens (including phenoxy) is 1. The molecule has 0 aromatic rings. The van der Waals surface area contributed by atoms with Crippen molar-refractivity contribution >= 4 is 15.9 Å².